The maximum absolute atomic E-state index is 4.81. The molecule has 0 atom stereocenters. The minimum Gasteiger partial charge on any atom is -0.261 e. The highest BCUT2D eigenvalue weighted by Crippen LogP contribution is 2.33. The Kier molecular flexibility index (Phi) is 5.43. The van der Waals surface area contributed by atoms with Crippen molar-refractivity contribution in [3.8, 4) is 22.4 Å². The number of fused-ring (bicyclic) bond motifs is 1. The Balaban J connectivity index is 1.94. The average molecular weight is 410 g/mol. The lowest BCUT2D eigenvalue weighted by atomic mass is 9.90. The van der Waals surface area contributed by atoms with Crippen LogP contribution in [0.5, 0.6) is 0 Å². The Labute approximate surface area is 186 Å². The quantitative estimate of drug-likeness (QED) is 0.336. The molecule has 0 amide bonds. The number of nitrogens with zero attached hydrogens (tertiary/aromatic N) is 2. The summed E-state index contributed by atoms with van der Waals surface area (Å²) in [6, 6.07) is 20.0. The molecule has 2 aromatic heterocycles. The zero-order valence-corrected chi connectivity index (χ0v) is 19.9. The number of benzene rings is 2. The highest BCUT2D eigenvalue weighted by molar-refractivity contribution is 5.94. The zero-order valence-electron chi connectivity index (χ0n) is 19.9. The van der Waals surface area contributed by atoms with Crippen molar-refractivity contribution >= 4 is 10.9 Å². The molecule has 0 spiro atoms. The maximum atomic E-state index is 4.81. The fourth-order valence-corrected chi connectivity index (χ4v) is 4.47. The Hall–Kier alpha value is -3.00. The first-order chi connectivity index (χ1) is 14.6. The van der Waals surface area contributed by atoms with Gasteiger partial charge < -0.3 is 0 Å². The van der Waals surface area contributed by atoms with Crippen molar-refractivity contribution in [1.82, 2.24) is 4.98 Å². The molecule has 0 N–H and O–H groups in total. The van der Waals surface area contributed by atoms with Crippen LogP contribution in [0.2, 0.25) is 0 Å². The molecule has 158 valence electrons. The highest BCUT2D eigenvalue weighted by atomic mass is 14.9. The lowest BCUT2D eigenvalue weighted by molar-refractivity contribution is -0.633. The Morgan fingerprint density at radius 1 is 0.871 bits per heavy atom. The van der Waals surface area contributed by atoms with Crippen molar-refractivity contribution in [3.05, 3.63) is 83.2 Å². The van der Waals surface area contributed by atoms with Gasteiger partial charge in [-0.3, -0.25) is 4.98 Å². The molecule has 0 aliphatic heterocycles. The second-order valence-corrected chi connectivity index (χ2v) is 10.0. The molecular formula is C29H33N2+. The number of aromatic nitrogens is 2. The second kappa shape index (κ2) is 7.92. The molecule has 31 heavy (non-hydrogen) atoms. The molecule has 2 aromatic carbocycles. The van der Waals surface area contributed by atoms with Gasteiger partial charge in [-0.25, -0.2) is 0 Å². The van der Waals surface area contributed by atoms with E-state index in [1.54, 1.807) is 0 Å². The van der Waals surface area contributed by atoms with Crippen LogP contribution in [0.25, 0.3) is 33.3 Å². The molecule has 0 saturated heterocycles. The monoisotopic (exact) mass is 409 g/mol. The van der Waals surface area contributed by atoms with Gasteiger partial charge in [0.1, 0.15) is 7.05 Å². The maximum Gasteiger partial charge on any atom is 0.213 e. The predicted molar refractivity (Wildman–Crippen MR) is 131 cm³/mol. The summed E-state index contributed by atoms with van der Waals surface area (Å²) < 4.78 is 2.32. The van der Waals surface area contributed by atoms with Gasteiger partial charge in [-0.05, 0) is 61.9 Å². The third-order valence-corrected chi connectivity index (χ3v) is 6.13. The van der Waals surface area contributed by atoms with Gasteiger partial charge in [0, 0.05) is 40.7 Å². The topological polar surface area (TPSA) is 16.8 Å². The fraction of sp³-hybridized carbons (Fsp3) is 0.310. The summed E-state index contributed by atoms with van der Waals surface area (Å²) in [4.78, 5) is 4.81. The molecule has 0 radical (unpaired) electrons. The molecule has 0 unspecified atom stereocenters. The van der Waals surface area contributed by atoms with E-state index in [4.69, 9.17) is 4.98 Å². The van der Waals surface area contributed by atoms with E-state index in [1.807, 2.05) is 6.20 Å². The SMILES string of the molecule is Cc1cc(C)c(C)c(-c2cc(-c3ccc(CC(C)(C)C)nc3)c3ccccc3[n+]2C)c1. The molecule has 2 nitrogen and oxygen atoms in total. The van der Waals surface area contributed by atoms with Gasteiger partial charge in [0.25, 0.3) is 0 Å². The molecular weight excluding hydrogens is 376 g/mol. The minimum atomic E-state index is 0.232. The van der Waals surface area contributed by atoms with Gasteiger partial charge >= 0.3 is 0 Å². The summed E-state index contributed by atoms with van der Waals surface area (Å²) in [7, 11) is 2.17. The summed E-state index contributed by atoms with van der Waals surface area (Å²) in [6.45, 7) is 13.4. The third-order valence-electron chi connectivity index (χ3n) is 6.13. The Bertz CT molecular complexity index is 1260. The van der Waals surface area contributed by atoms with Crippen LogP contribution < -0.4 is 4.57 Å². The van der Waals surface area contributed by atoms with Crippen molar-refractivity contribution < 1.29 is 4.57 Å². The van der Waals surface area contributed by atoms with Crippen LogP contribution in [-0.2, 0) is 13.5 Å². The largest absolute Gasteiger partial charge is 0.261 e. The van der Waals surface area contributed by atoms with Gasteiger partial charge in [0.15, 0.2) is 0 Å². The molecule has 0 saturated carbocycles. The van der Waals surface area contributed by atoms with Gasteiger partial charge in [-0.1, -0.05) is 50.6 Å². The van der Waals surface area contributed by atoms with Crippen LogP contribution in [0.15, 0.2) is 60.8 Å². The van der Waals surface area contributed by atoms with E-state index in [9.17, 15) is 0 Å². The van der Waals surface area contributed by atoms with E-state index in [2.05, 4.69) is 108 Å². The predicted octanol–water partition coefficient (Wildman–Crippen LogP) is 6.91. The highest BCUT2D eigenvalue weighted by Gasteiger charge is 2.21. The molecule has 4 rings (SSSR count). The summed E-state index contributed by atoms with van der Waals surface area (Å²) in [6.07, 6.45) is 3.02. The molecule has 0 aliphatic carbocycles. The van der Waals surface area contributed by atoms with Crippen molar-refractivity contribution in [2.75, 3.05) is 0 Å². The van der Waals surface area contributed by atoms with Crippen molar-refractivity contribution in [3.63, 3.8) is 0 Å². The summed E-state index contributed by atoms with van der Waals surface area (Å²) in [5.41, 5.74) is 11.5. The normalized spacial score (nSPS) is 11.8. The van der Waals surface area contributed by atoms with E-state index < -0.39 is 0 Å². The third kappa shape index (κ3) is 4.25. The van der Waals surface area contributed by atoms with Crippen LogP contribution in [0.4, 0.5) is 0 Å². The first-order valence-electron chi connectivity index (χ1n) is 11.1. The number of hydrogen-bond donors (Lipinski definition) is 0. The lowest BCUT2D eigenvalue weighted by Gasteiger charge is -2.17. The van der Waals surface area contributed by atoms with Crippen LogP contribution >= 0.6 is 0 Å². The van der Waals surface area contributed by atoms with Crippen molar-refractivity contribution in [2.45, 2.75) is 48.0 Å². The number of pyridine rings is 2. The Morgan fingerprint density at radius 2 is 1.61 bits per heavy atom. The standard InChI is InChI=1S/C29H33N2/c1-19-14-20(2)21(3)25(15-19)28-16-26(24-10-8-9-11-27(24)31(28)7)22-12-13-23(30-18-22)17-29(4,5)6/h8-16,18H,17H2,1-7H3/q+1. The van der Waals surface area contributed by atoms with Crippen LogP contribution in [0.1, 0.15) is 43.2 Å². The van der Waals surface area contributed by atoms with E-state index in [0.29, 0.717) is 0 Å². The Morgan fingerprint density at radius 3 is 2.29 bits per heavy atom. The second-order valence-electron chi connectivity index (χ2n) is 10.0. The zero-order chi connectivity index (χ0) is 22.3. The molecule has 0 bridgehead atoms. The van der Waals surface area contributed by atoms with E-state index in [1.165, 1.54) is 44.4 Å². The number of aryl methyl sites for hydroxylation is 3. The van der Waals surface area contributed by atoms with Crippen LogP contribution in [0.3, 0.4) is 0 Å². The number of hydrogen-bond acceptors (Lipinski definition) is 1. The number of para-hydroxylation sites is 1. The van der Waals surface area contributed by atoms with Crippen molar-refractivity contribution in [1.29, 1.82) is 0 Å². The van der Waals surface area contributed by atoms with Crippen LogP contribution in [0, 0.1) is 26.2 Å². The first kappa shape index (κ1) is 21.2. The summed E-state index contributed by atoms with van der Waals surface area (Å²) in [5.74, 6) is 0. The van der Waals surface area contributed by atoms with E-state index in [0.717, 1.165) is 17.7 Å². The van der Waals surface area contributed by atoms with Gasteiger partial charge in [-0.2, -0.15) is 4.57 Å². The molecule has 0 aliphatic rings. The average Bonchev–Trinajstić information content (AvgIpc) is 2.71. The molecule has 2 heteroatoms. The minimum absolute atomic E-state index is 0.232. The molecule has 4 aromatic rings. The molecule has 0 fully saturated rings. The summed E-state index contributed by atoms with van der Waals surface area (Å²) in [5, 5.41) is 1.25. The molecule has 2 heterocycles. The lowest BCUT2D eigenvalue weighted by Crippen LogP contribution is -2.32. The van der Waals surface area contributed by atoms with Crippen LogP contribution in [-0.4, -0.2) is 4.98 Å². The smallest absolute Gasteiger partial charge is 0.213 e. The first-order valence-corrected chi connectivity index (χ1v) is 11.1. The summed E-state index contributed by atoms with van der Waals surface area (Å²) >= 11 is 0. The van der Waals surface area contributed by atoms with Gasteiger partial charge in [0.05, 0.1) is 5.39 Å². The van der Waals surface area contributed by atoms with E-state index in [-0.39, 0.29) is 5.41 Å². The van der Waals surface area contributed by atoms with E-state index >= 15 is 0 Å². The fourth-order valence-electron chi connectivity index (χ4n) is 4.47. The van der Waals surface area contributed by atoms with Crippen molar-refractivity contribution in [2.24, 2.45) is 12.5 Å². The van der Waals surface area contributed by atoms with Gasteiger partial charge in [-0.15, -0.1) is 0 Å². The van der Waals surface area contributed by atoms with Gasteiger partial charge in [0.2, 0.25) is 11.2 Å². The number of rotatable bonds is 3.